The minimum Gasteiger partial charge on any atom is -0.493 e. The molecule has 186 valence electrons. The summed E-state index contributed by atoms with van der Waals surface area (Å²) < 4.78 is 28.2. The Kier molecular flexibility index (Phi) is 7.19. The van der Waals surface area contributed by atoms with Crippen LogP contribution in [0.5, 0.6) is 28.7 Å². The van der Waals surface area contributed by atoms with E-state index in [1.165, 1.54) is 7.11 Å². The molecule has 0 bridgehead atoms. The summed E-state index contributed by atoms with van der Waals surface area (Å²) in [7, 11) is 4.66. The van der Waals surface area contributed by atoms with Gasteiger partial charge >= 0.3 is 0 Å². The van der Waals surface area contributed by atoms with Gasteiger partial charge in [-0.1, -0.05) is 6.07 Å². The van der Waals surface area contributed by atoms with E-state index in [2.05, 4.69) is 0 Å². The van der Waals surface area contributed by atoms with Crippen LogP contribution in [0.3, 0.4) is 0 Å². The van der Waals surface area contributed by atoms with Gasteiger partial charge in [0.2, 0.25) is 11.7 Å². The Morgan fingerprint density at radius 1 is 1.03 bits per heavy atom. The fourth-order valence-electron chi connectivity index (χ4n) is 4.61. The number of hydrogen-bond acceptors (Lipinski definition) is 7. The van der Waals surface area contributed by atoms with Gasteiger partial charge in [-0.05, 0) is 42.8 Å². The molecule has 1 spiro atoms. The van der Waals surface area contributed by atoms with E-state index in [-0.39, 0.29) is 18.1 Å². The topological polar surface area (TPSA) is 83.5 Å². The van der Waals surface area contributed by atoms with Crippen molar-refractivity contribution in [3.63, 3.8) is 0 Å². The Morgan fingerprint density at radius 2 is 1.74 bits per heavy atom. The number of hydrogen-bond donors (Lipinski definition) is 0. The Balaban J connectivity index is 1.43. The lowest BCUT2D eigenvalue weighted by Crippen LogP contribution is -2.52. The van der Waals surface area contributed by atoms with Crippen LogP contribution in [0.25, 0.3) is 6.08 Å². The van der Waals surface area contributed by atoms with E-state index in [1.807, 2.05) is 25.1 Å². The van der Waals surface area contributed by atoms with Crippen molar-refractivity contribution in [2.45, 2.75) is 31.8 Å². The molecule has 1 amide bonds. The molecule has 1 saturated heterocycles. The summed E-state index contributed by atoms with van der Waals surface area (Å²) >= 11 is 0. The van der Waals surface area contributed by atoms with Crippen LogP contribution < -0.4 is 23.7 Å². The summed E-state index contributed by atoms with van der Waals surface area (Å²) in [4.78, 5) is 27.6. The Labute approximate surface area is 205 Å². The van der Waals surface area contributed by atoms with E-state index in [9.17, 15) is 9.59 Å². The molecule has 2 aliphatic heterocycles. The number of amides is 1. The predicted molar refractivity (Wildman–Crippen MR) is 131 cm³/mol. The highest BCUT2D eigenvalue weighted by Gasteiger charge is 2.45. The molecule has 2 aromatic rings. The van der Waals surface area contributed by atoms with E-state index < -0.39 is 5.60 Å². The quantitative estimate of drug-likeness (QED) is 0.550. The molecule has 8 heteroatoms. The monoisotopic (exact) mass is 481 g/mol. The zero-order valence-corrected chi connectivity index (χ0v) is 20.6. The van der Waals surface area contributed by atoms with Crippen LogP contribution in [-0.4, -0.2) is 63.2 Å². The summed E-state index contributed by atoms with van der Waals surface area (Å²) in [6.07, 6.45) is 4.70. The van der Waals surface area contributed by atoms with Gasteiger partial charge < -0.3 is 28.6 Å². The largest absolute Gasteiger partial charge is 0.493 e. The molecule has 0 aromatic heterocycles. The van der Waals surface area contributed by atoms with Gasteiger partial charge in [0.25, 0.3) is 0 Å². The van der Waals surface area contributed by atoms with Crippen molar-refractivity contribution in [2.24, 2.45) is 0 Å². The van der Waals surface area contributed by atoms with Crippen molar-refractivity contribution in [1.82, 2.24) is 4.90 Å². The smallest absolute Gasteiger partial charge is 0.246 e. The van der Waals surface area contributed by atoms with Crippen molar-refractivity contribution in [2.75, 3.05) is 41.0 Å². The van der Waals surface area contributed by atoms with Crippen LogP contribution in [0.4, 0.5) is 0 Å². The van der Waals surface area contributed by atoms with Crippen molar-refractivity contribution < 1.29 is 33.3 Å². The Bertz CT molecular complexity index is 1130. The van der Waals surface area contributed by atoms with Crippen molar-refractivity contribution in [3.05, 3.63) is 47.5 Å². The van der Waals surface area contributed by atoms with Gasteiger partial charge in [0.05, 0.1) is 39.9 Å². The van der Waals surface area contributed by atoms with Crippen molar-refractivity contribution in [3.8, 4) is 28.7 Å². The van der Waals surface area contributed by atoms with E-state index in [4.69, 9.17) is 23.7 Å². The number of Topliss-reactive ketones (excluding diaryl/α,β-unsaturated/α-hetero) is 1. The lowest BCUT2D eigenvalue weighted by molar-refractivity contribution is -0.129. The molecule has 2 aliphatic rings. The number of methoxy groups -OCH3 is 3. The van der Waals surface area contributed by atoms with Crippen LogP contribution in [0, 0.1) is 0 Å². The second-order valence-corrected chi connectivity index (χ2v) is 8.56. The molecule has 0 radical (unpaired) electrons. The standard InChI is InChI=1S/C27H31NO7/c1-5-34-21-9-6-18(16-23(21)32-3)7-11-24(30)28-14-12-27(13-15-28)17-20(29)19-8-10-22(31-2)26(33-4)25(19)35-27/h6-11,16H,5,12-15,17H2,1-4H3/b11-7+. The lowest BCUT2D eigenvalue weighted by Gasteiger charge is -2.44. The van der Waals surface area contributed by atoms with Crippen molar-refractivity contribution >= 4 is 17.8 Å². The number of ether oxygens (including phenoxy) is 5. The zero-order valence-electron chi connectivity index (χ0n) is 20.6. The second-order valence-electron chi connectivity index (χ2n) is 8.56. The first kappa shape index (κ1) is 24.4. The zero-order chi connectivity index (χ0) is 25.0. The normalized spacial score (nSPS) is 16.6. The van der Waals surface area contributed by atoms with Crippen LogP contribution in [0.2, 0.25) is 0 Å². The third-order valence-corrected chi connectivity index (χ3v) is 6.49. The van der Waals surface area contributed by atoms with Gasteiger partial charge in [0, 0.05) is 32.0 Å². The lowest BCUT2D eigenvalue weighted by atomic mass is 9.82. The number of fused-ring (bicyclic) bond motifs is 1. The molecule has 35 heavy (non-hydrogen) atoms. The van der Waals surface area contributed by atoms with E-state index in [0.29, 0.717) is 66.8 Å². The molecular weight excluding hydrogens is 450 g/mol. The van der Waals surface area contributed by atoms with Crippen LogP contribution in [0.15, 0.2) is 36.4 Å². The fourth-order valence-corrected chi connectivity index (χ4v) is 4.61. The number of piperidine rings is 1. The highest BCUT2D eigenvalue weighted by atomic mass is 16.5. The maximum absolute atomic E-state index is 12.9. The minimum atomic E-state index is -0.660. The summed E-state index contributed by atoms with van der Waals surface area (Å²) in [6.45, 7) is 3.44. The highest BCUT2D eigenvalue weighted by molar-refractivity contribution is 6.01. The number of likely N-dealkylation sites (tertiary alicyclic amines) is 1. The van der Waals surface area contributed by atoms with Crippen LogP contribution >= 0.6 is 0 Å². The molecular formula is C27H31NO7. The summed E-state index contributed by atoms with van der Waals surface area (Å²) in [5.41, 5.74) is 0.679. The number of benzene rings is 2. The van der Waals surface area contributed by atoms with Crippen LogP contribution in [-0.2, 0) is 4.79 Å². The van der Waals surface area contributed by atoms with Gasteiger partial charge in [0.15, 0.2) is 28.8 Å². The first-order valence-corrected chi connectivity index (χ1v) is 11.7. The molecule has 0 saturated carbocycles. The molecule has 2 aromatic carbocycles. The maximum Gasteiger partial charge on any atom is 0.246 e. The van der Waals surface area contributed by atoms with Gasteiger partial charge in [0.1, 0.15) is 5.60 Å². The Hall–Kier alpha value is -3.68. The second kappa shape index (κ2) is 10.3. The number of ketones is 1. The van der Waals surface area contributed by atoms with E-state index in [0.717, 1.165) is 5.56 Å². The van der Waals surface area contributed by atoms with Crippen LogP contribution in [0.1, 0.15) is 42.1 Å². The number of carbonyl (C=O) groups excluding carboxylic acids is 2. The third-order valence-electron chi connectivity index (χ3n) is 6.49. The summed E-state index contributed by atoms with van der Waals surface area (Å²) in [6, 6.07) is 8.97. The first-order chi connectivity index (χ1) is 16.9. The van der Waals surface area contributed by atoms with Gasteiger partial charge in [-0.2, -0.15) is 0 Å². The molecule has 8 nitrogen and oxygen atoms in total. The van der Waals surface area contributed by atoms with Gasteiger partial charge in [-0.15, -0.1) is 0 Å². The molecule has 0 aliphatic carbocycles. The molecule has 4 rings (SSSR count). The highest BCUT2D eigenvalue weighted by Crippen LogP contribution is 2.47. The maximum atomic E-state index is 12.9. The SMILES string of the molecule is CCOc1ccc(/C=C/C(=O)N2CCC3(CC2)CC(=O)c2ccc(OC)c(OC)c2O3)cc1OC. The summed E-state index contributed by atoms with van der Waals surface area (Å²) in [5, 5.41) is 0. The number of nitrogens with zero attached hydrogens (tertiary/aromatic N) is 1. The third kappa shape index (κ3) is 4.92. The Morgan fingerprint density at radius 3 is 2.40 bits per heavy atom. The first-order valence-electron chi connectivity index (χ1n) is 11.7. The van der Waals surface area contributed by atoms with Gasteiger partial charge in [-0.25, -0.2) is 0 Å². The predicted octanol–water partition coefficient (Wildman–Crippen LogP) is 4.15. The van der Waals surface area contributed by atoms with E-state index in [1.54, 1.807) is 43.4 Å². The molecule has 0 unspecified atom stereocenters. The van der Waals surface area contributed by atoms with E-state index >= 15 is 0 Å². The summed E-state index contributed by atoms with van der Waals surface area (Å²) in [5.74, 6) is 2.56. The average Bonchev–Trinajstić information content (AvgIpc) is 2.87. The molecule has 0 N–H and O–H groups in total. The minimum absolute atomic E-state index is 0.0105. The number of carbonyl (C=O) groups is 2. The average molecular weight is 482 g/mol. The van der Waals surface area contributed by atoms with Crippen molar-refractivity contribution in [1.29, 1.82) is 0 Å². The molecule has 0 atom stereocenters. The fraction of sp³-hybridized carbons (Fsp3) is 0.407. The number of rotatable bonds is 7. The van der Waals surface area contributed by atoms with Gasteiger partial charge in [-0.3, -0.25) is 9.59 Å². The molecule has 1 fully saturated rings. The molecule has 2 heterocycles.